The Bertz CT molecular complexity index is 460. The van der Waals surface area contributed by atoms with Crippen LogP contribution in [0.5, 0.6) is 0 Å². The first kappa shape index (κ1) is 7.10. The number of nitrogens with one attached hydrogen (secondary N) is 1. The van der Waals surface area contributed by atoms with Crippen molar-refractivity contribution in [1.29, 1.82) is 0 Å². The van der Waals surface area contributed by atoms with E-state index in [0.29, 0.717) is 0 Å². The fraction of sp³-hybridized carbons (Fsp3) is 0.167. The summed E-state index contributed by atoms with van der Waals surface area (Å²) >= 11 is 0. The summed E-state index contributed by atoms with van der Waals surface area (Å²) in [6.07, 6.45) is 0. The van der Waals surface area contributed by atoms with Gasteiger partial charge in [0, 0.05) is 13.1 Å². The van der Waals surface area contributed by atoms with E-state index in [9.17, 15) is 0 Å². The Kier molecular flexibility index (Phi) is 1.41. The van der Waals surface area contributed by atoms with Crippen LogP contribution in [-0.4, -0.2) is 0 Å². The number of benzene rings is 2. The zero-order chi connectivity index (χ0) is 8.67. The first-order valence-electron chi connectivity index (χ1n) is 4.65. The predicted octanol–water partition coefficient (Wildman–Crippen LogP) is 2.44. The molecule has 64 valence electrons. The van der Waals surface area contributed by atoms with Crippen molar-refractivity contribution in [1.82, 2.24) is 5.32 Å². The Balaban J connectivity index is 2.43. The Morgan fingerprint density at radius 3 is 2.85 bits per heavy atom. The minimum atomic E-state index is 1.02. The van der Waals surface area contributed by atoms with E-state index in [-0.39, 0.29) is 0 Å². The molecule has 1 aliphatic rings. The van der Waals surface area contributed by atoms with Gasteiger partial charge in [0.05, 0.1) is 0 Å². The second-order valence-corrected chi connectivity index (χ2v) is 3.53. The molecule has 1 nitrogen and oxygen atoms in total. The first-order valence-corrected chi connectivity index (χ1v) is 4.65. The van der Waals surface area contributed by atoms with E-state index in [0.717, 1.165) is 13.1 Å². The molecule has 2 aromatic rings. The van der Waals surface area contributed by atoms with Crippen LogP contribution in [0.1, 0.15) is 11.1 Å². The summed E-state index contributed by atoms with van der Waals surface area (Å²) in [7, 11) is 0. The van der Waals surface area contributed by atoms with Gasteiger partial charge in [-0.25, -0.2) is 0 Å². The molecule has 1 aliphatic heterocycles. The van der Waals surface area contributed by atoms with Gasteiger partial charge in [0.15, 0.2) is 0 Å². The Labute approximate surface area is 77.4 Å². The van der Waals surface area contributed by atoms with Crippen LogP contribution in [0.2, 0.25) is 0 Å². The Morgan fingerprint density at radius 1 is 0.923 bits per heavy atom. The third kappa shape index (κ3) is 0.973. The van der Waals surface area contributed by atoms with E-state index in [1.807, 2.05) is 0 Å². The van der Waals surface area contributed by atoms with Crippen molar-refractivity contribution >= 4 is 10.8 Å². The van der Waals surface area contributed by atoms with Gasteiger partial charge >= 0.3 is 0 Å². The van der Waals surface area contributed by atoms with E-state index in [2.05, 4.69) is 41.7 Å². The average Bonchev–Trinajstić information content (AvgIpc) is 2.65. The van der Waals surface area contributed by atoms with Gasteiger partial charge in [0.25, 0.3) is 0 Å². The topological polar surface area (TPSA) is 12.0 Å². The molecule has 3 rings (SSSR count). The SMILES string of the molecule is c1ccc2c3c(ccc2c1)CNC3. The second-order valence-electron chi connectivity index (χ2n) is 3.53. The van der Waals surface area contributed by atoms with Crippen LogP contribution < -0.4 is 5.32 Å². The van der Waals surface area contributed by atoms with E-state index in [1.54, 1.807) is 0 Å². The molecule has 0 atom stereocenters. The van der Waals surface area contributed by atoms with Crippen molar-refractivity contribution in [2.75, 3.05) is 0 Å². The minimum absolute atomic E-state index is 1.02. The standard InChI is InChI=1S/C12H11N/c1-2-4-11-9(3-1)5-6-10-7-13-8-12(10)11/h1-6,13H,7-8H2. The number of hydrogen-bond acceptors (Lipinski definition) is 1. The molecule has 0 spiro atoms. The van der Waals surface area contributed by atoms with Crippen molar-refractivity contribution in [3.63, 3.8) is 0 Å². The lowest BCUT2D eigenvalue weighted by molar-refractivity contribution is 0.766. The van der Waals surface area contributed by atoms with Gasteiger partial charge in [0.2, 0.25) is 0 Å². The molecule has 0 aromatic heterocycles. The summed E-state index contributed by atoms with van der Waals surface area (Å²) in [5.74, 6) is 0. The molecule has 0 radical (unpaired) electrons. The van der Waals surface area contributed by atoms with Crippen LogP contribution in [0.4, 0.5) is 0 Å². The third-order valence-electron chi connectivity index (χ3n) is 2.75. The summed E-state index contributed by atoms with van der Waals surface area (Å²) in [6, 6.07) is 13.0. The van der Waals surface area contributed by atoms with Gasteiger partial charge in [-0.3, -0.25) is 0 Å². The second kappa shape index (κ2) is 2.57. The maximum atomic E-state index is 3.38. The summed E-state index contributed by atoms with van der Waals surface area (Å²) in [5, 5.41) is 6.14. The van der Waals surface area contributed by atoms with Crippen molar-refractivity contribution < 1.29 is 0 Å². The van der Waals surface area contributed by atoms with Crippen LogP contribution in [0.25, 0.3) is 10.8 Å². The molecule has 1 heterocycles. The largest absolute Gasteiger partial charge is 0.309 e. The van der Waals surface area contributed by atoms with Crippen LogP contribution in [0, 0.1) is 0 Å². The molecule has 0 fully saturated rings. The average molecular weight is 169 g/mol. The highest BCUT2D eigenvalue weighted by molar-refractivity contribution is 5.87. The molecule has 0 saturated carbocycles. The number of fused-ring (bicyclic) bond motifs is 3. The fourth-order valence-corrected chi connectivity index (χ4v) is 2.08. The molecule has 13 heavy (non-hydrogen) atoms. The van der Waals surface area contributed by atoms with Crippen molar-refractivity contribution in [2.45, 2.75) is 13.1 Å². The van der Waals surface area contributed by atoms with Crippen molar-refractivity contribution in [2.24, 2.45) is 0 Å². The quantitative estimate of drug-likeness (QED) is 0.638. The Hall–Kier alpha value is -1.34. The molecule has 2 aromatic carbocycles. The molecule has 0 saturated heterocycles. The minimum Gasteiger partial charge on any atom is -0.309 e. The van der Waals surface area contributed by atoms with Gasteiger partial charge < -0.3 is 5.32 Å². The van der Waals surface area contributed by atoms with Gasteiger partial charge in [-0.05, 0) is 21.9 Å². The maximum Gasteiger partial charge on any atom is 0.0218 e. The van der Waals surface area contributed by atoms with Crippen molar-refractivity contribution in [3.05, 3.63) is 47.5 Å². The van der Waals surface area contributed by atoms with Gasteiger partial charge in [-0.15, -0.1) is 0 Å². The molecule has 1 heteroatoms. The molecule has 1 N–H and O–H groups in total. The Morgan fingerprint density at radius 2 is 1.85 bits per heavy atom. The predicted molar refractivity (Wildman–Crippen MR) is 54.5 cm³/mol. The highest BCUT2D eigenvalue weighted by Gasteiger charge is 2.11. The third-order valence-corrected chi connectivity index (χ3v) is 2.75. The zero-order valence-corrected chi connectivity index (χ0v) is 7.38. The highest BCUT2D eigenvalue weighted by Crippen LogP contribution is 2.25. The van der Waals surface area contributed by atoms with E-state index >= 15 is 0 Å². The van der Waals surface area contributed by atoms with E-state index in [1.165, 1.54) is 21.9 Å². The normalized spacial score (nSPS) is 14.8. The molecule has 0 amide bonds. The smallest absolute Gasteiger partial charge is 0.0218 e. The van der Waals surface area contributed by atoms with Crippen LogP contribution in [0.15, 0.2) is 36.4 Å². The van der Waals surface area contributed by atoms with Crippen LogP contribution in [-0.2, 0) is 13.1 Å². The van der Waals surface area contributed by atoms with E-state index in [4.69, 9.17) is 0 Å². The highest BCUT2D eigenvalue weighted by atomic mass is 14.9. The summed E-state index contributed by atoms with van der Waals surface area (Å²) in [4.78, 5) is 0. The van der Waals surface area contributed by atoms with E-state index < -0.39 is 0 Å². The fourth-order valence-electron chi connectivity index (χ4n) is 2.08. The van der Waals surface area contributed by atoms with Gasteiger partial charge in [-0.1, -0.05) is 36.4 Å². The van der Waals surface area contributed by atoms with Crippen LogP contribution >= 0.6 is 0 Å². The summed E-state index contributed by atoms with van der Waals surface area (Å²) < 4.78 is 0. The van der Waals surface area contributed by atoms with Crippen LogP contribution in [0.3, 0.4) is 0 Å². The zero-order valence-electron chi connectivity index (χ0n) is 7.38. The number of rotatable bonds is 0. The lowest BCUT2D eigenvalue weighted by atomic mass is 10.0. The van der Waals surface area contributed by atoms with Gasteiger partial charge in [-0.2, -0.15) is 0 Å². The molecule has 0 bridgehead atoms. The summed E-state index contributed by atoms with van der Waals surface area (Å²) in [5.41, 5.74) is 2.94. The lowest BCUT2D eigenvalue weighted by Crippen LogP contribution is -2.00. The monoisotopic (exact) mass is 169 g/mol. The first-order chi connectivity index (χ1) is 6.45. The lowest BCUT2D eigenvalue weighted by Gasteiger charge is -2.03. The molecule has 0 aliphatic carbocycles. The van der Waals surface area contributed by atoms with Crippen molar-refractivity contribution in [3.8, 4) is 0 Å². The molecular weight excluding hydrogens is 158 g/mol. The summed E-state index contributed by atoms with van der Waals surface area (Å²) in [6.45, 7) is 2.05. The maximum absolute atomic E-state index is 3.38. The molecule has 0 unspecified atom stereocenters. The molecular formula is C12H11N. The van der Waals surface area contributed by atoms with Gasteiger partial charge in [0.1, 0.15) is 0 Å². The number of hydrogen-bond donors (Lipinski definition) is 1.